The van der Waals surface area contributed by atoms with Crippen molar-refractivity contribution >= 4 is 17.2 Å². The molecular formula is C17H17ClN2O. The van der Waals surface area contributed by atoms with E-state index in [1.54, 1.807) is 0 Å². The molecule has 1 aromatic carbocycles. The van der Waals surface area contributed by atoms with Crippen LogP contribution >= 0.6 is 11.6 Å². The number of hydrogen-bond donors (Lipinski definition) is 1. The first-order valence-corrected chi connectivity index (χ1v) is 7.40. The first-order valence-electron chi connectivity index (χ1n) is 7.02. The van der Waals surface area contributed by atoms with Gasteiger partial charge in [0.15, 0.2) is 0 Å². The lowest BCUT2D eigenvalue weighted by molar-refractivity contribution is 0.168. The molecule has 1 unspecified atom stereocenters. The molecule has 1 atom stereocenters. The molecule has 0 aliphatic carbocycles. The van der Waals surface area contributed by atoms with Crippen LogP contribution in [0.2, 0.25) is 5.02 Å². The Bertz CT molecular complexity index is 777. The molecule has 108 valence electrons. The topological polar surface area (TPSA) is 37.5 Å². The fraction of sp³-hybridized carbons (Fsp3) is 0.235. The number of aliphatic hydroxyl groups excluding tert-OH is 1. The van der Waals surface area contributed by atoms with Gasteiger partial charge in [-0.05, 0) is 37.1 Å². The van der Waals surface area contributed by atoms with E-state index in [1.807, 2.05) is 60.8 Å². The van der Waals surface area contributed by atoms with Gasteiger partial charge >= 0.3 is 0 Å². The molecule has 0 saturated heterocycles. The van der Waals surface area contributed by atoms with E-state index in [0.29, 0.717) is 11.4 Å². The number of imidazole rings is 1. The summed E-state index contributed by atoms with van der Waals surface area (Å²) in [5.74, 6) is 0. The molecule has 2 heterocycles. The minimum Gasteiger partial charge on any atom is -0.387 e. The van der Waals surface area contributed by atoms with Crippen molar-refractivity contribution in [1.29, 1.82) is 0 Å². The van der Waals surface area contributed by atoms with Crippen LogP contribution in [0.3, 0.4) is 0 Å². The highest BCUT2D eigenvalue weighted by Gasteiger charge is 2.19. The van der Waals surface area contributed by atoms with E-state index < -0.39 is 6.10 Å². The number of fused-ring (bicyclic) bond motifs is 1. The molecule has 4 heteroatoms. The monoisotopic (exact) mass is 300 g/mol. The summed E-state index contributed by atoms with van der Waals surface area (Å²) in [6.45, 7) is 4.00. The summed E-state index contributed by atoms with van der Waals surface area (Å²) in [6, 6.07) is 11.5. The number of aliphatic hydroxyl groups is 1. The summed E-state index contributed by atoms with van der Waals surface area (Å²) in [7, 11) is 0. The van der Waals surface area contributed by atoms with Gasteiger partial charge < -0.3 is 9.51 Å². The SMILES string of the molecule is CCC(O)c1c(-c2ccc(Cl)cc2)nc2ccc(C)cn12. The third-order valence-corrected chi connectivity index (χ3v) is 3.88. The van der Waals surface area contributed by atoms with Crippen LogP contribution < -0.4 is 0 Å². The Balaban J connectivity index is 2.28. The standard InChI is InChI=1S/C17H17ClN2O/c1-3-14(21)17-16(12-5-7-13(18)8-6-12)19-15-9-4-11(2)10-20(15)17/h4-10,14,21H,3H2,1-2H3. The number of benzene rings is 1. The van der Waals surface area contributed by atoms with Gasteiger partial charge in [-0.3, -0.25) is 0 Å². The maximum Gasteiger partial charge on any atom is 0.137 e. The Labute approximate surface area is 128 Å². The molecule has 0 aliphatic rings. The Kier molecular flexibility index (Phi) is 3.70. The fourth-order valence-corrected chi connectivity index (χ4v) is 2.63. The van der Waals surface area contributed by atoms with Crippen molar-refractivity contribution in [3.63, 3.8) is 0 Å². The minimum absolute atomic E-state index is 0.549. The zero-order valence-corrected chi connectivity index (χ0v) is 12.8. The van der Waals surface area contributed by atoms with Gasteiger partial charge in [0.1, 0.15) is 5.65 Å². The predicted octanol–water partition coefficient (Wildman–Crippen LogP) is 4.41. The quantitative estimate of drug-likeness (QED) is 0.778. The van der Waals surface area contributed by atoms with Crippen LogP contribution in [0.25, 0.3) is 16.9 Å². The van der Waals surface area contributed by atoms with E-state index in [1.165, 1.54) is 0 Å². The number of nitrogens with zero attached hydrogens (tertiary/aromatic N) is 2. The smallest absolute Gasteiger partial charge is 0.137 e. The van der Waals surface area contributed by atoms with Gasteiger partial charge in [-0.2, -0.15) is 0 Å². The highest BCUT2D eigenvalue weighted by Crippen LogP contribution is 2.31. The average molecular weight is 301 g/mol. The first-order chi connectivity index (χ1) is 10.1. The van der Waals surface area contributed by atoms with Crippen molar-refractivity contribution < 1.29 is 5.11 Å². The fourth-order valence-electron chi connectivity index (χ4n) is 2.50. The average Bonchev–Trinajstić information content (AvgIpc) is 2.85. The van der Waals surface area contributed by atoms with Crippen molar-refractivity contribution in [1.82, 2.24) is 9.38 Å². The van der Waals surface area contributed by atoms with E-state index in [0.717, 1.165) is 28.2 Å². The largest absolute Gasteiger partial charge is 0.387 e. The second-order valence-corrected chi connectivity index (χ2v) is 5.65. The highest BCUT2D eigenvalue weighted by atomic mass is 35.5. The normalized spacial score (nSPS) is 12.8. The van der Waals surface area contributed by atoms with Gasteiger partial charge in [0.05, 0.1) is 17.5 Å². The highest BCUT2D eigenvalue weighted by molar-refractivity contribution is 6.30. The molecule has 21 heavy (non-hydrogen) atoms. The van der Waals surface area contributed by atoms with Gasteiger partial charge in [0.25, 0.3) is 0 Å². The molecule has 0 bridgehead atoms. The predicted molar refractivity (Wildman–Crippen MR) is 85.6 cm³/mol. The second kappa shape index (κ2) is 5.51. The van der Waals surface area contributed by atoms with Crippen molar-refractivity contribution in [2.45, 2.75) is 26.4 Å². The van der Waals surface area contributed by atoms with Crippen molar-refractivity contribution in [2.24, 2.45) is 0 Å². The molecule has 0 spiro atoms. The van der Waals surface area contributed by atoms with Crippen LogP contribution in [0.1, 0.15) is 30.7 Å². The maximum atomic E-state index is 10.4. The molecule has 2 aromatic heterocycles. The molecule has 1 N–H and O–H groups in total. The Hall–Kier alpha value is -1.84. The Morgan fingerprint density at radius 3 is 2.57 bits per heavy atom. The Morgan fingerprint density at radius 1 is 1.19 bits per heavy atom. The number of aryl methyl sites for hydroxylation is 1. The summed E-state index contributed by atoms with van der Waals surface area (Å²) in [6.07, 6.45) is 2.10. The summed E-state index contributed by atoms with van der Waals surface area (Å²) in [5, 5.41) is 11.1. The van der Waals surface area contributed by atoms with Gasteiger partial charge in [-0.1, -0.05) is 36.7 Å². The zero-order valence-electron chi connectivity index (χ0n) is 12.0. The van der Waals surface area contributed by atoms with Crippen molar-refractivity contribution in [3.05, 3.63) is 58.9 Å². The van der Waals surface area contributed by atoms with Gasteiger partial charge in [-0.25, -0.2) is 4.98 Å². The third kappa shape index (κ3) is 2.55. The van der Waals surface area contributed by atoms with Crippen LogP contribution in [0.15, 0.2) is 42.6 Å². The summed E-state index contributed by atoms with van der Waals surface area (Å²) < 4.78 is 1.98. The van der Waals surface area contributed by atoms with Crippen LogP contribution in [0, 0.1) is 6.92 Å². The molecule has 0 saturated carbocycles. The summed E-state index contributed by atoms with van der Waals surface area (Å²) >= 11 is 5.95. The number of aromatic nitrogens is 2. The number of hydrogen-bond acceptors (Lipinski definition) is 2. The zero-order chi connectivity index (χ0) is 15.0. The van der Waals surface area contributed by atoms with Crippen LogP contribution in [-0.4, -0.2) is 14.5 Å². The Morgan fingerprint density at radius 2 is 1.90 bits per heavy atom. The van der Waals surface area contributed by atoms with Crippen molar-refractivity contribution in [3.8, 4) is 11.3 Å². The molecule has 0 radical (unpaired) electrons. The lowest BCUT2D eigenvalue weighted by Crippen LogP contribution is -2.02. The van der Waals surface area contributed by atoms with Crippen LogP contribution in [0.5, 0.6) is 0 Å². The second-order valence-electron chi connectivity index (χ2n) is 5.21. The molecular weight excluding hydrogens is 284 g/mol. The number of halogens is 1. The summed E-state index contributed by atoms with van der Waals surface area (Å²) in [4.78, 5) is 4.68. The molecule has 0 fully saturated rings. The van der Waals surface area contributed by atoms with E-state index in [9.17, 15) is 5.11 Å². The van der Waals surface area contributed by atoms with E-state index in [4.69, 9.17) is 11.6 Å². The maximum absolute atomic E-state index is 10.4. The minimum atomic E-state index is -0.549. The van der Waals surface area contributed by atoms with E-state index in [-0.39, 0.29) is 0 Å². The third-order valence-electron chi connectivity index (χ3n) is 3.62. The molecule has 0 aliphatic heterocycles. The number of rotatable bonds is 3. The molecule has 0 amide bonds. The van der Waals surface area contributed by atoms with Gasteiger partial charge in [-0.15, -0.1) is 0 Å². The van der Waals surface area contributed by atoms with Crippen LogP contribution in [0.4, 0.5) is 0 Å². The van der Waals surface area contributed by atoms with Gasteiger partial charge in [0.2, 0.25) is 0 Å². The van der Waals surface area contributed by atoms with E-state index in [2.05, 4.69) is 4.98 Å². The molecule has 3 rings (SSSR count). The molecule has 3 nitrogen and oxygen atoms in total. The van der Waals surface area contributed by atoms with Crippen LogP contribution in [-0.2, 0) is 0 Å². The number of pyridine rings is 1. The first kappa shape index (κ1) is 14.1. The lowest BCUT2D eigenvalue weighted by Gasteiger charge is -2.11. The van der Waals surface area contributed by atoms with Crippen molar-refractivity contribution in [2.75, 3.05) is 0 Å². The van der Waals surface area contributed by atoms with Gasteiger partial charge in [0, 0.05) is 16.8 Å². The van der Waals surface area contributed by atoms with E-state index >= 15 is 0 Å². The lowest BCUT2D eigenvalue weighted by atomic mass is 10.1. The summed E-state index contributed by atoms with van der Waals surface area (Å²) in [5.41, 5.74) is 4.58. The molecule has 3 aromatic rings.